The molecular formula is C18H16N2O2. The molecule has 110 valence electrons. The van der Waals surface area contributed by atoms with Gasteiger partial charge in [-0.2, -0.15) is 5.26 Å². The van der Waals surface area contributed by atoms with E-state index in [1.807, 2.05) is 62.4 Å². The van der Waals surface area contributed by atoms with Gasteiger partial charge in [-0.25, -0.2) is 9.69 Å². The molecular weight excluding hydrogens is 276 g/mol. The summed E-state index contributed by atoms with van der Waals surface area (Å²) in [7, 11) is 0. The van der Waals surface area contributed by atoms with Crippen molar-refractivity contribution in [2.45, 2.75) is 25.9 Å². The molecule has 1 heterocycles. The van der Waals surface area contributed by atoms with Crippen molar-refractivity contribution in [3.8, 4) is 6.07 Å². The zero-order valence-corrected chi connectivity index (χ0v) is 12.5. The third-order valence-corrected chi connectivity index (χ3v) is 3.77. The van der Waals surface area contributed by atoms with Gasteiger partial charge in [0.1, 0.15) is 5.60 Å². The van der Waals surface area contributed by atoms with E-state index in [1.165, 1.54) is 0 Å². The van der Waals surface area contributed by atoms with E-state index >= 15 is 0 Å². The molecule has 1 aliphatic rings. The van der Waals surface area contributed by atoms with Gasteiger partial charge in [0.25, 0.3) is 0 Å². The molecule has 3 rings (SSSR count). The fourth-order valence-electron chi connectivity index (χ4n) is 2.74. The second-order valence-electron chi connectivity index (χ2n) is 5.74. The first-order valence-electron chi connectivity index (χ1n) is 7.11. The van der Waals surface area contributed by atoms with Crippen LogP contribution in [0.2, 0.25) is 0 Å². The van der Waals surface area contributed by atoms with Crippen molar-refractivity contribution in [1.82, 2.24) is 0 Å². The van der Waals surface area contributed by atoms with Gasteiger partial charge in [0.15, 0.2) is 0 Å². The van der Waals surface area contributed by atoms with Gasteiger partial charge in [-0.1, -0.05) is 30.3 Å². The first-order chi connectivity index (χ1) is 10.5. The lowest BCUT2D eigenvalue weighted by Crippen LogP contribution is -2.40. The van der Waals surface area contributed by atoms with Crippen LogP contribution in [-0.4, -0.2) is 6.09 Å². The van der Waals surface area contributed by atoms with Crippen molar-refractivity contribution >= 4 is 17.5 Å². The van der Waals surface area contributed by atoms with Gasteiger partial charge in [0.2, 0.25) is 0 Å². The van der Waals surface area contributed by atoms with Crippen LogP contribution in [0.15, 0.2) is 48.5 Å². The van der Waals surface area contributed by atoms with Crippen LogP contribution < -0.4 is 4.90 Å². The fraction of sp³-hybridized carbons (Fsp3) is 0.222. The number of nitrogens with zero attached hydrogens (tertiary/aromatic N) is 2. The highest BCUT2D eigenvalue weighted by Gasteiger charge is 2.38. The number of nitriles is 1. The second kappa shape index (κ2) is 5.19. The summed E-state index contributed by atoms with van der Waals surface area (Å²) in [5.74, 6) is 0. The lowest BCUT2D eigenvalue weighted by molar-refractivity contribution is 0.0374. The van der Waals surface area contributed by atoms with Crippen LogP contribution >= 0.6 is 0 Å². The molecule has 2 aromatic carbocycles. The van der Waals surface area contributed by atoms with Gasteiger partial charge in [-0.3, -0.25) is 0 Å². The number of ether oxygens (including phenoxy) is 1. The lowest BCUT2D eigenvalue weighted by Gasteiger charge is -2.38. The molecule has 4 nitrogen and oxygen atoms in total. The minimum Gasteiger partial charge on any atom is -0.438 e. The number of fused-ring (bicyclic) bond motifs is 1. The number of benzene rings is 2. The van der Waals surface area contributed by atoms with E-state index in [-0.39, 0.29) is 0 Å². The summed E-state index contributed by atoms with van der Waals surface area (Å²) >= 11 is 0. The molecule has 1 amide bonds. The Morgan fingerprint density at radius 2 is 1.95 bits per heavy atom. The average Bonchev–Trinajstić information content (AvgIpc) is 2.47. The maximum atomic E-state index is 12.5. The molecule has 0 saturated heterocycles. The summed E-state index contributed by atoms with van der Waals surface area (Å²) in [6, 6.07) is 17.2. The molecule has 0 radical (unpaired) electrons. The molecule has 0 N–H and O–H groups in total. The zero-order chi connectivity index (χ0) is 15.7. The summed E-state index contributed by atoms with van der Waals surface area (Å²) in [6.07, 6.45) is -0.0954. The van der Waals surface area contributed by atoms with E-state index in [1.54, 1.807) is 4.90 Å². The summed E-state index contributed by atoms with van der Waals surface area (Å²) < 4.78 is 5.59. The lowest BCUT2D eigenvalue weighted by atomic mass is 9.94. The first-order valence-corrected chi connectivity index (χ1v) is 7.11. The highest BCUT2D eigenvalue weighted by atomic mass is 16.6. The van der Waals surface area contributed by atoms with Crippen LogP contribution in [0.1, 0.15) is 25.0 Å². The molecule has 22 heavy (non-hydrogen) atoms. The monoisotopic (exact) mass is 292 g/mol. The number of hydrogen-bond acceptors (Lipinski definition) is 3. The van der Waals surface area contributed by atoms with E-state index in [9.17, 15) is 4.79 Å². The zero-order valence-electron chi connectivity index (χ0n) is 12.5. The number of rotatable bonds is 2. The maximum absolute atomic E-state index is 12.5. The van der Waals surface area contributed by atoms with Crippen LogP contribution in [0.5, 0.6) is 0 Å². The van der Waals surface area contributed by atoms with Crippen LogP contribution in [0.3, 0.4) is 0 Å². The van der Waals surface area contributed by atoms with Gasteiger partial charge in [-0.05, 0) is 37.6 Å². The van der Waals surface area contributed by atoms with Crippen molar-refractivity contribution < 1.29 is 9.53 Å². The minimum atomic E-state index is -0.658. The summed E-state index contributed by atoms with van der Waals surface area (Å²) in [6.45, 7) is 3.76. The molecule has 0 atom stereocenters. The molecule has 0 fully saturated rings. The summed E-state index contributed by atoms with van der Waals surface area (Å²) in [5, 5.41) is 8.84. The van der Waals surface area contributed by atoms with Gasteiger partial charge in [-0.15, -0.1) is 0 Å². The van der Waals surface area contributed by atoms with Crippen molar-refractivity contribution in [2.24, 2.45) is 0 Å². The molecule has 1 aliphatic heterocycles. The second-order valence-corrected chi connectivity index (χ2v) is 5.74. The normalized spacial score (nSPS) is 15.7. The maximum Gasteiger partial charge on any atom is 0.419 e. The van der Waals surface area contributed by atoms with Gasteiger partial charge < -0.3 is 4.74 Å². The van der Waals surface area contributed by atoms with E-state index in [0.717, 1.165) is 16.8 Å². The SMILES string of the molecule is CC1(C)OC(=O)N(c2cccc(CC#N)c2)c2ccccc21. The molecule has 0 unspecified atom stereocenters. The topological polar surface area (TPSA) is 53.3 Å². The number of amides is 1. The average molecular weight is 292 g/mol. The quantitative estimate of drug-likeness (QED) is 0.830. The van der Waals surface area contributed by atoms with Crippen LogP contribution in [0, 0.1) is 11.3 Å². The number of hydrogen-bond donors (Lipinski definition) is 0. The van der Waals surface area contributed by atoms with Gasteiger partial charge >= 0.3 is 6.09 Å². The van der Waals surface area contributed by atoms with Crippen molar-refractivity contribution in [3.63, 3.8) is 0 Å². The molecule has 4 heteroatoms. The summed E-state index contributed by atoms with van der Waals surface area (Å²) in [4.78, 5) is 14.0. The Morgan fingerprint density at radius 1 is 1.18 bits per heavy atom. The highest BCUT2D eigenvalue weighted by Crippen LogP contribution is 2.42. The molecule has 0 aromatic heterocycles. The Bertz CT molecular complexity index is 775. The summed E-state index contributed by atoms with van der Waals surface area (Å²) in [5.41, 5.74) is 2.70. The third kappa shape index (κ3) is 2.31. The molecule has 0 saturated carbocycles. The first kappa shape index (κ1) is 14.2. The van der Waals surface area contributed by atoms with E-state index < -0.39 is 11.7 Å². The Balaban J connectivity index is 2.13. The number of para-hydroxylation sites is 1. The van der Waals surface area contributed by atoms with Crippen LogP contribution in [0.4, 0.5) is 16.2 Å². The Labute approximate surface area is 129 Å². The van der Waals surface area contributed by atoms with Gasteiger partial charge in [0.05, 0.1) is 23.9 Å². The van der Waals surface area contributed by atoms with E-state index in [0.29, 0.717) is 12.1 Å². The third-order valence-electron chi connectivity index (χ3n) is 3.77. The largest absolute Gasteiger partial charge is 0.438 e. The van der Waals surface area contributed by atoms with Crippen LogP contribution in [-0.2, 0) is 16.8 Å². The number of carbonyl (C=O) groups excluding carboxylic acids is 1. The number of carbonyl (C=O) groups is 1. The Kier molecular flexibility index (Phi) is 3.34. The predicted molar refractivity (Wildman–Crippen MR) is 83.8 cm³/mol. The highest BCUT2D eigenvalue weighted by molar-refractivity contribution is 5.99. The van der Waals surface area contributed by atoms with Crippen LogP contribution in [0.25, 0.3) is 0 Å². The molecule has 0 bridgehead atoms. The fourth-order valence-corrected chi connectivity index (χ4v) is 2.74. The van der Waals surface area contributed by atoms with E-state index in [4.69, 9.17) is 10.00 Å². The number of cyclic esters (lactones) is 1. The molecule has 2 aromatic rings. The Hall–Kier alpha value is -2.80. The number of anilines is 2. The van der Waals surface area contributed by atoms with Crippen molar-refractivity contribution in [3.05, 3.63) is 59.7 Å². The standard InChI is InChI=1S/C18H16N2O2/c1-18(2)15-8-3-4-9-16(15)20(17(21)22-18)14-7-5-6-13(12-14)10-11-19/h3-9,12H,10H2,1-2H3. The molecule has 0 aliphatic carbocycles. The van der Waals surface area contributed by atoms with Crippen molar-refractivity contribution in [2.75, 3.05) is 4.90 Å². The van der Waals surface area contributed by atoms with E-state index in [2.05, 4.69) is 6.07 Å². The van der Waals surface area contributed by atoms with Gasteiger partial charge in [0, 0.05) is 5.56 Å². The minimum absolute atomic E-state index is 0.309. The predicted octanol–water partition coefficient (Wildman–Crippen LogP) is 4.28. The van der Waals surface area contributed by atoms with Crippen molar-refractivity contribution in [1.29, 1.82) is 5.26 Å². The smallest absolute Gasteiger partial charge is 0.419 e. The molecule has 0 spiro atoms. The Morgan fingerprint density at radius 3 is 2.73 bits per heavy atom.